The van der Waals surface area contributed by atoms with Crippen LogP contribution in [-0.4, -0.2) is 26.2 Å². The Balaban J connectivity index is 0.00000225. The third kappa shape index (κ3) is 6.97. The number of furan rings is 1. The van der Waals surface area contributed by atoms with Crippen molar-refractivity contribution in [1.29, 1.82) is 0 Å². The van der Waals surface area contributed by atoms with E-state index in [0.717, 1.165) is 48.5 Å². The summed E-state index contributed by atoms with van der Waals surface area (Å²) < 4.78 is 10.5. The van der Waals surface area contributed by atoms with Gasteiger partial charge in [0.2, 0.25) is 0 Å². The molecule has 0 amide bonds. The number of halogens is 1. The minimum atomic E-state index is 0. The Labute approximate surface area is 166 Å². The molecule has 3 rings (SSSR count). The van der Waals surface area contributed by atoms with Gasteiger partial charge in [0.25, 0.3) is 0 Å². The molecule has 0 saturated heterocycles. The van der Waals surface area contributed by atoms with Crippen LogP contribution >= 0.6 is 24.0 Å². The molecule has 1 heterocycles. The molecular weight excluding hydrogens is 429 g/mol. The number of methoxy groups -OCH3 is 1. The number of guanidine groups is 1. The summed E-state index contributed by atoms with van der Waals surface area (Å²) in [6.45, 7) is 2.44. The summed E-state index contributed by atoms with van der Waals surface area (Å²) in [5.41, 5.74) is 1.16. The van der Waals surface area contributed by atoms with Crippen molar-refractivity contribution in [3.05, 3.63) is 54.0 Å². The predicted molar refractivity (Wildman–Crippen MR) is 111 cm³/mol. The van der Waals surface area contributed by atoms with Gasteiger partial charge in [-0.1, -0.05) is 12.1 Å². The molecule has 1 aromatic carbocycles. The van der Waals surface area contributed by atoms with Crippen molar-refractivity contribution < 1.29 is 9.15 Å². The minimum absolute atomic E-state index is 0. The average Bonchev–Trinajstić information content (AvgIpc) is 3.31. The van der Waals surface area contributed by atoms with Crippen LogP contribution in [0.25, 0.3) is 0 Å². The topological polar surface area (TPSA) is 58.8 Å². The Morgan fingerprint density at radius 2 is 2.00 bits per heavy atom. The highest BCUT2D eigenvalue weighted by atomic mass is 127. The Morgan fingerprint density at radius 3 is 2.64 bits per heavy atom. The van der Waals surface area contributed by atoms with E-state index in [0.29, 0.717) is 6.54 Å². The Kier molecular flexibility index (Phi) is 8.11. The molecule has 6 heteroatoms. The van der Waals surface area contributed by atoms with Gasteiger partial charge in [0.05, 0.1) is 19.9 Å². The second kappa shape index (κ2) is 10.3. The van der Waals surface area contributed by atoms with E-state index >= 15 is 0 Å². The SMILES string of the molecule is COc1ccc(CN=C(NCCc2ccco2)NCC2CC2)cc1.I. The van der Waals surface area contributed by atoms with E-state index in [1.165, 1.54) is 12.8 Å². The Morgan fingerprint density at radius 1 is 1.20 bits per heavy atom. The lowest BCUT2D eigenvalue weighted by Gasteiger charge is -2.12. The molecule has 0 bridgehead atoms. The van der Waals surface area contributed by atoms with E-state index in [9.17, 15) is 0 Å². The lowest BCUT2D eigenvalue weighted by atomic mass is 10.2. The largest absolute Gasteiger partial charge is 0.497 e. The van der Waals surface area contributed by atoms with Crippen LogP contribution in [0.5, 0.6) is 5.75 Å². The van der Waals surface area contributed by atoms with E-state index in [2.05, 4.69) is 10.6 Å². The first-order valence-electron chi connectivity index (χ1n) is 8.51. The predicted octanol–water partition coefficient (Wildman–Crippen LogP) is 3.59. The van der Waals surface area contributed by atoms with Crippen molar-refractivity contribution in [2.75, 3.05) is 20.2 Å². The van der Waals surface area contributed by atoms with Crippen molar-refractivity contribution in [2.45, 2.75) is 25.8 Å². The fourth-order valence-electron chi connectivity index (χ4n) is 2.40. The lowest BCUT2D eigenvalue weighted by Crippen LogP contribution is -2.39. The fourth-order valence-corrected chi connectivity index (χ4v) is 2.40. The first kappa shape index (κ1) is 19.6. The van der Waals surface area contributed by atoms with Gasteiger partial charge in [0.15, 0.2) is 5.96 Å². The van der Waals surface area contributed by atoms with E-state index in [1.807, 2.05) is 36.4 Å². The summed E-state index contributed by atoms with van der Waals surface area (Å²) >= 11 is 0. The summed E-state index contributed by atoms with van der Waals surface area (Å²) in [5.74, 6) is 3.53. The second-order valence-electron chi connectivity index (χ2n) is 6.09. The summed E-state index contributed by atoms with van der Waals surface area (Å²) in [4.78, 5) is 4.69. The highest BCUT2D eigenvalue weighted by Gasteiger charge is 2.21. The number of rotatable bonds is 8. The van der Waals surface area contributed by atoms with Gasteiger partial charge in [0, 0.05) is 19.5 Å². The first-order valence-corrected chi connectivity index (χ1v) is 8.51. The average molecular weight is 455 g/mol. The number of nitrogens with one attached hydrogen (secondary N) is 2. The summed E-state index contributed by atoms with van der Waals surface area (Å²) in [6, 6.07) is 11.9. The zero-order chi connectivity index (χ0) is 16.6. The summed E-state index contributed by atoms with van der Waals surface area (Å²) in [5, 5.41) is 6.83. The van der Waals surface area contributed by atoms with Crippen LogP contribution in [0.1, 0.15) is 24.2 Å². The summed E-state index contributed by atoms with van der Waals surface area (Å²) in [6.07, 6.45) is 5.20. The highest BCUT2D eigenvalue weighted by Crippen LogP contribution is 2.27. The molecule has 136 valence electrons. The van der Waals surface area contributed by atoms with Crippen LogP contribution < -0.4 is 15.4 Å². The molecule has 2 N–H and O–H groups in total. The molecule has 0 spiro atoms. The Hall–Kier alpha value is -1.70. The molecule has 0 radical (unpaired) electrons. The highest BCUT2D eigenvalue weighted by molar-refractivity contribution is 14.0. The van der Waals surface area contributed by atoms with Crippen molar-refractivity contribution in [2.24, 2.45) is 10.9 Å². The maximum atomic E-state index is 5.36. The monoisotopic (exact) mass is 455 g/mol. The standard InChI is InChI=1S/C19H25N3O2.HI/c1-23-17-8-6-16(7-9-17)14-22-19(21-13-15-4-5-15)20-11-10-18-3-2-12-24-18;/h2-3,6-9,12,15H,4-5,10-11,13-14H2,1H3,(H2,20,21,22);1H. The zero-order valence-corrected chi connectivity index (χ0v) is 16.9. The molecule has 2 aromatic rings. The van der Waals surface area contributed by atoms with E-state index < -0.39 is 0 Å². The van der Waals surface area contributed by atoms with Crippen LogP contribution in [-0.2, 0) is 13.0 Å². The van der Waals surface area contributed by atoms with Crippen molar-refractivity contribution in [3.8, 4) is 5.75 Å². The van der Waals surface area contributed by atoms with Crippen LogP contribution in [0.15, 0.2) is 52.1 Å². The molecule has 1 aliphatic rings. The van der Waals surface area contributed by atoms with Crippen LogP contribution in [0.3, 0.4) is 0 Å². The van der Waals surface area contributed by atoms with Gasteiger partial charge in [0.1, 0.15) is 11.5 Å². The molecule has 5 nitrogen and oxygen atoms in total. The Bertz CT molecular complexity index is 637. The van der Waals surface area contributed by atoms with E-state index in [-0.39, 0.29) is 24.0 Å². The number of nitrogens with zero attached hydrogens (tertiary/aromatic N) is 1. The minimum Gasteiger partial charge on any atom is -0.497 e. The third-order valence-corrected chi connectivity index (χ3v) is 4.08. The zero-order valence-electron chi connectivity index (χ0n) is 14.5. The van der Waals surface area contributed by atoms with Gasteiger partial charge in [-0.15, -0.1) is 24.0 Å². The van der Waals surface area contributed by atoms with Gasteiger partial charge >= 0.3 is 0 Å². The molecule has 0 atom stereocenters. The van der Waals surface area contributed by atoms with Gasteiger partial charge in [-0.3, -0.25) is 0 Å². The van der Waals surface area contributed by atoms with Gasteiger partial charge in [-0.05, 0) is 48.6 Å². The van der Waals surface area contributed by atoms with Gasteiger partial charge in [-0.25, -0.2) is 4.99 Å². The fraction of sp³-hybridized carbons (Fsp3) is 0.421. The first-order chi connectivity index (χ1) is 11.8. The molecule has 1 fully saturated rings. The second-order valence-corrected chi connectivity index (χ2v) is 6.09. The van der Waals surface area contributed by atoms with Crippen molar-refractivity contribution in [3.63, 3.8) is 0 Å². The molecule has 0 aliphatic heterocycles. The van der Waals surface area contributed by atoms with Gasteiger partial charge < -0.3 is 19.8 Å². The number of hydrogen-bond donors (Lipinski definition) is 2. The maximum absolute atomic E-state index is 5.36. The van der Waals surface area contributed by atoms with Crippen molar-refractivity contribution >= 4 is 29.9 Å². The number of benzene rings is 1. The molecule has 1 aromatic heterocycles. The van der Waals surface area contributed by atoms with Crippen LogP contribution in [0.4, 0.5) is 0 Å². The van der Waals surface area contributed by atoms with E-state index in [4.69, 9.17) is 14.1 Å². The third-order valence-electron chi connectivity index (χ3n) is 4.08. The summed E-state index contributed by atoms with van der Waals surface area (Å²) in [7, 11) is 1.68. The van der Waals surface area contributed by atoms with Crippen LogP contribution in [0, 0.1) is 5.92 Å². The normalized spacial score (nSPS) is 13.9. The van der Waals surface area contributed by atoms with Crippen LogP contribution in [0.2, 0.25) is 0 Å². The lowest BCUT2D eigenvalue weighted by molar-refractivity contribution is 0.414. The molecule has 1 aliphatic carbocycles. The van der Waals surface area contributed by atoms with Crippen molar-refractivity contribution in [1.82, 2.24) is 10.6 Å². The molecular formula is C19H26IN3O2. The maximum Gasteiger partial charge on any atom is 0.191 e. The molecule has 25 heavy (non-hydrogen) atoms. The van der Waals surface area contributed by atoms with E-state index in [1.54, 1.807) is 13.4 Å². The number of hydrogen-bond acceptors (Lipinski definition) is 3. The van der Waals surface area contributed by atoms with Gasteiger partial charge in [-0.2, -0.15) is 0 Å². The molecule has 0 unspecified atom stereocenters. The molecule has 1 saturated carbocycles. The smallest absolute Gasteiger partial charge is 0.191 e. The number of aliphatic imine (C=N–C) groups is 1. The number of ether oxygens (including phenoxy) is 1. The quantitative estimate of drug-likeness (QED) is 0.363.